The van der Waals surface area contributed by atoms with Crippen LogP contribution >= 0.6 is 0 Å². The van der Waals surface area contributed by atoms with Gasteiger partial charge in [-0.1, -0.05) is 12.1 Å². The summed E-state index contributed by atoms with van der Waals surface area (Å²) < 4.78 is 10.2. The molecule has 108 valence electrons. The summed E-state index contributed by atoms with van der Waals surface area (Å²) >= 11 is 0. The number of carbonyl (C=O) groups excluding carboxylic acids is 1. The highest BCUT2D eigenvalue weighted by atomic mass is 16.6. The molecule has 0 atom stereocenters. The Hall–Kier alpha value is -2.24. The van der Waals surface area contributed by atoms with Crippen molar-refractivity contribution in [3.8, 4) is 0 Å². The maximum absolute atomic E-state index is 11.5. The van der Waals surface area contributed by atoms with Crippen molar-refractivity contribution in [3.63, 3.8) is 0 Å². The fourth-order valence-electron chi connectivity index (χ4n) is 1.84. The molecule has 0 aliphatic carbocycles. The maximum Gasteiger partial charge on any atom is 0.417 e. The van der Waals surface area contributed by atoms with Crippen LogP contribution in [0.4, 0.5) is 4.79 Å². The van der Waals surface area contributed by atoms with E-state index in [2.05, 4.69) is 10.3 Å². The van der Waals surface area contributed by atoms with Crippen molar-refractivity contribution in [1.29, 1.82) is 0 Å². The molecule has 2 N–H and O–H groups in total. The van der Waals surface area contributed by atoms with Crippen molar-refractivity contribution < 1.29 is 13.9 Å². The van der Waals surface area contributed by atoms with E-state index in [1.165, 1.54) is 0 Å². The highest BCUT2D eigenvalue weighted by Gasteiger charge is 2.15. The number of amides is 1. The third-order valence-electron chi connectivity index (χ3n) is 2.59. The zero-order chi connectivity index (χ0) is 14.8. The Morgan fingerprint density at radius 3 is 2.85 bits per heavy atom. The number of aromatic nitrogens is 1. The first-order valence-corrected chi connectivity index (χ1v) is 6.43. The molecule has 0 radical (unpaired) electrons. The highest BCUT2D eigenvalue weighted by Crippen LogP contribution is 2.15. The number of ether oxygens (including phenoxy) is 1. The van der Waals surface area contributed by atoms with Crippen molar-refractivity contribution in [2.24, 2.45) is 0 Å². The number of fused-ring (bicyclic) bond motifs is 1. The Morgan fingerprint density at radius 2 is 2.15 bits per heavy atom. The third kappa shape index (κ3) is 3.63. The van der Waals surface area contributed by atoms with E-state index in [0.29, 0.717) is 24.1 Å². The van der Waals surface area contributed by atoms with Crippen molar-refractivity contribution in [2.75, 3.05) is 6.54 Å². The molecule has 0 aliphatic rings. The summed E-state index contributed by atoms with van der Waals surface area (Å²) in [7, 11) is 0. The molecule has 0 aliphatic heterocycles. The zero-order valence-corrected chi connectivity index (χ0v) is 11.8. The molecule has 20 heavy (non-hydrogen) atoms. The van der Waals surface area contributed by atoms with Crippen molar-refractivity contribution >= 4 is 17.2 Å². The average molecular weight is 278 g/mol. The molecule has 6 heteroatoms. The summed E-state index contributed by atoms with van der Waals surface area (Å²) in [5.74, 6) is -0.479. The van der Waals surface area contributed by atoms with Gasteiger partial charge < -0.3 is 14.5 Å². The fourth-order valence-corrected chi connectivity index (χ4v) is 1.84. The fraction of sp³-hybridized carbons (Fsp3) is 0.429. The first kappa shape index (κ1) is 14.2. The summed E-state index contributed by atoms with van der Waals surface area (Å²) in [5, 5.41) is 2.67. The number of hydrogen-bond donors (Lipinski definition) is 2. The van der Waals surface area contributed by atoms with Gasteiger partial charge in [0.2, 0.25) is 0 Å². The molecule has 0 saturated carbocycles. The van der Waals surface area contributed by atoms with Gasteiger partial charge in [-0.2, -0.15) is 0 Å². The molecule has 6 nitrogen and oxygen atoms in total. The summed E-state index contributed by atoms with van der Waals surface area (Å²) in [6.07, 6.45) is 0.0948. The highest BCUT2D eigenvalue weighted by molar-refractivity contribution is 5.76. The molecular formula is C14H18N2O4. The summed E-state index contributed by atoms with van der Waals surface area (Å²) in [5.41, 5.74) is 1.53. The molecule has 0 spiro atoms. The lowest BCUT2D eigenvalue weighted by Gasteiger charge is -2.19. The van der Waals surface area contributed by atoms with E-state index < -0.39 is 17.5 Å². The Kier molecular flexibility index (Phi) is 3.83. The van der Waals surface area contributed by atoms with E-state index in [4.69, 9.17) is 9.15 Å². The van der Waals surface area contributed by atoms with Crippen LogP contribution in [0.2, 0.25) is 0 Å². The van der Waals surface area contributed by atoms with Gasteiger partial charge in [-0.15, -0.1) is 0 Å². The minimum Gasteiger partial charge on any atom is -0.444 e. The Balaban J connectivity index is 1.96. The molecule has 1 aromatic carbocycles. The molecule has 0 fully saturated rings. The van der Waals surface area contributed by atoms with Crippen molar-refractivity contribution in [1.82, 2.24) is 10.3 Å². The van der Waals surface area contributed by atoms with E-state index in [1.54, 1.807) is 6.07 Å². The second-order valence-electron chi connectivity index (χ2n) is 5.49. The molecular weight excluding hydrogens is 260 g/mol. The second kappa shape index (κ2) is 5.40. The normalized spacial score (nSPS) is 11.6. The molecule has 2 rings (SSSR count). The SMILES string of the molecule is CC(C)(C)OC(=O)NCCc1cccc2[nH]c(=O)oc12. The van der Waals surface area contributed by atoms with Crippen molar-refractivity contribution in [2.45, 2.75) is 32.8 Å². The van der Waals surface area contributed by atoms with Crippen LogP contribution in [-0.2, 0) is 11.2 Å². The quantitative estimate of drug-likeness (QED) is 0.901. The third-order valence-corrected chi connectivity index (χ3v) is 2.59. The largest absolute Gasteiger partial charge is 0.444 e. The first-order valence-electron chi connectivity index (χ1n) is 6.43. The van der Waals surface area contributed by atoms with Gasteiger partial charge in [0.15, 0.2) is 5.58 Å². The second-order valence-corrected chi connectivity index (χ2v) is 5.49. The predicted octanol–water partition coefficient (Wildman–Crippen LogP) is 2.19. The van der Waals surface area contributed by atoms with E-state index >= 15 is 0 Å². The van der Waals surface area contributed by atoms with Crippen LogP contribution in [0.5, 0.6) is 0 Å². The minimum absolute atomic E-state index is 0.406. The van der Waals surface area contributed by atoms with Gasteiger partial charge in [0.25, 0.3) is 0 Å². The number of alkyl carbamates (subject to hydrolysis) is 1. The van der Waals surface area contributed by atoms with Gasteiger partial charge in [-0.3, -0.25) is 4.98 Å². The lowest BCUT2D eigenvalue weighted by Crippen LogP contribution is -2.33. The number of aromatic amines is 1. The van der Waals surface area contributed by atoms with Crippen molar-refractivity contribution in [3.05, 3.63) is 34.3 Å². The summed E-state index contributed by atoms with van der Waals surface area (Å²) in [4.78, 5) is 25.3. The molecule has 1 amide bonds. The Labute approximate surface area is 116 Å². The van der Waals surface area contributed by atoms with Gasteiger partial charge in [0.05, 0.1) is 5.52 Å². The van der Waals surface area contributed by atoms with Crippen LogP contribution in [0.1, 0.15) is 26.3 Å². The van der Waals surface area contributed by atoms with Crippen LogP contribution in [-0.4, -0.2) is 23.2 Å². The van der Waals surface area contributed by atoms with Crippen LogP contribution in [0.15, 0.2) is 27.4 Å². The molecule has 2 aromatic rings. The molecule has 0 bridgehead atoms. The lowest BCUT2D eigenvalue weighted by molar-refractivity contribution is 0.0528. The number of hydrogen-bond acceptors (Lipinski definition) is 4. The zero-order valence-electron chi connectivity index (χ0n) is 11.8. The van der Waals surface area contributed by atoms with E-state index in [-0.39, 0.29) is 0 Å². The van der Waals surface area contributed by atoms with Gasteiger partial charge in [0.1, 0.15) is 5.60 Å². The molecule has 0 saturated heterocycles. The number of carbonyl (C=O) groups is 1. The van der Waals surface area contributed by atoms with Crippen LogP contribution in [0.25, 0.3) is 11.1 Å². The molecule has 1 aromatic heterocycles. The maximum atomic E-state index is 11.5. The van der Waals surface area contributed by atoms with Gasteiger partial charge >= 0.3 is 11.8 Å². The van der Waals surface area contributed by atoms with Crippen LogP contribution in [0, 0.1) is 0 Å². The number of rotatable bonds is 3. The van der Waals surface area contributed by atoms with E-state index in [1.807, 2.05) is 32.9 Å². The number of nitrogens with one attached hydrogen (secondary N) is 2. The Bertz CT molecular complexity index is 664. The lowest BCUT2D eigenvalue weighted by atomic mass is 10.1. The van der Waals surface area contributed by atoms with Crippen LogP contribution in [0.3, 0.4) is 0 Å². The van der Waals surface area contributed by atoms with E-state index in [0.717, 1.165) is 5.56 Å². The minimum atomic E-state index is -0.516. The number of para-hydroxylation sites is 1. The Morgan fingerprint density at radius 1 is 1.40 bits per heavy atom. The average Bonchev–Trinajstić information content (AvgIpc) is 2.67. The number of H-pyrrole nitrogens is 1. The van der Waals surface area contributed by atoms with Gasteiger partial charge in [-0.25, -0.2) is 9.59 Å². The summed E-state index contributed by atoms with van der Waals surface area (Å²) in [6, 6.07) is 5.46. The van der Waals surface area contributed by atoms with Gasteiger partial charge in [0, 0.05) is 6.54 Å². The van der Waals surface area contributed by atoms with Crippen LogP contribution < -0.4 is 11.1 Å². The number of oxazole rings is 1. The number of benzene rings is 1. The predicted molar refractivity (Wildman–Crippen MR) is 74.8 cm³/mol. The first-order chi connectivity index (χ1) is 9.35. The standard InChI is InChI=1S/C14H18N2O4/c1-14(2,3)20-12(17)15-8-7-9-5-4-6-10-11(9)19-13(18)16-10/h4-6H,7-8H2,1-3H3,(H,15,17)(H,16,18). The summed E-state index contributed by atoms with van der Waals surface area (Å²) in [6.45, 7) is 5.83. The molecule has 0 unspecified atom stereocenters. The molecule has 1 heterocycles. The van der Waals surface area contributed by atoms with Gasteiger partial charge in [-0.05, 0) is 38.8 Å². The van der Waals surface area contributed by atoms with E-state index in [9.17, 15) is 9.59 Å². The smallest absolute Gasteiger partial charge is 0.417 e. The topological polar surface area (TPSA) is 84.3 Å². The monoisotopic (exact) mass is 278 g/mol.